The van der Waals surface area contributed by atoms with Crippen LogP contribution in [-0.4, -0.2) is 41.0 Å². The molecule has 3 amide bonds. The van der Waals surface area contributed by atoms with Gasteiger partial charge in [-0.2, -0.15) is 5.10 Å². The molecular formula is C23H24F2N4O3. The van der Waals surface area contributed by atoms with Crippen molar-refractivity contribution < 1.29 is 23.2 Å². The molecule has 7 nitrogen and oxygen atoms in total. The number of fused-ring (bicyclic) bond motifs is 1. The number of nitrogens with one attached hydrogen (secondary N) is 2. The van der Waals surface area contributed by atoms with E-state index in [1.807, 2.05) is 13.8 Å². The molecule has 2 N–H and O–H groups in total. The van der Waals surface area contributed by atoms with Gasteiger partial charge in [0, 0.05) is 11.6 Å². The average molecular weight is 442 g/mol. The summed E-state index contributed by atoms with van der Waals surface area (Å²) in [5.74, 6) is -3.15. The molecule has 2 atom stereocenters. The number of halogens is 2. The third-order valence-electron chi connectivity index (χ3n) is 4.93. The number of nitrogens with zero attached hydrogens (tertiary/aromatic N) is 2. The van der Waals surface area contributed by atoms with Crippen molar-refractivity contribution in [2.75, 3.05) is 0 Å². The van der Waals surface area contributed by atoms with Crippen LogP contribution in [0.2, 0.25) is 0 Å². The summed E-state index contributed by atoms with van der Waals surface area (Å²) in [6.07, 6.45) is 1.27. The molecular weight excluding hydrogens is 418 g/mol. The number of hydrazone groups is 1. The molecule has 2 aromatic rings. The lowest BCUT2D eigenvalue weighted by molar-refractivity contribution is -0.138. The normalized spacial score (nSPS) is 16.4. The van der Waals surface area contributed by atoms with E-state index in [1.54, 1.807) is 30.5 Å². The fourth-order valence-corrected chi connectivity index (χ4v) is 3.39. The maximum atomic E-state index is 13.3. The number of benzene rings is 2. The van der Waals surface area contributed by atoms with E-state index in [2.05, 4.69) is 15.7 Å². The molecule has 2 aromatic carbocycles. The van der Waals surface area contributed by atoms with Gasteiger partial charge in [-0.15, -0.1) is 0 Å². The second-order valence-corrected chi connectivity index (χ2v) is 7.84. The van der Waals surface area contributed by atoms with Gasteiger partial charge in [-0.1, -0.05) is 24.3 Å². The molecule has 1 heterocycles. The first-order valence-corrected chi connectivity index (χ1v) is 10.2. The summed E-state index contributed by atoms with van der Waals surface area (Å²) >= 11 is 0. The molecule has 0 aliphatic carbocycles. The molecule has 0 saturated heterocycles. The molecule has 0 spiro atoms. The number of amides is 3. The van der Waals surface area contributed by atoms with Crippen LogP contribution in [0, 0.1) is 11.6 Å². The van der Waals surface area contributed by atoms with Crippen molar-refractivity contribution in [2.45, 2.75) is 45.3 Å². The Balaban J connectivity index is 1.71. The van der Waals surface area contributed by atoms with Gasteiger partial charge in [0.1, 0.15) is 23.7 Å². The monoisotopic (exact) mass is 442 g/mol. The van der Waals surface area contributed by atoms with Crippen LogP contribution >= 0.6 is 0 Å². The maximum absolute atomic E-state index is 13.3. The van der Waals surface area contributed by atoms with E-state index in [1.165, 1.54) is 11.9 Å². The first-order valence-electron chi connectivity index (χ1n) is 10.2. The lowest BCUT2D eigenvalue weighted by atomic mass is 10.00. The van der Waals surface area contributed by atoms with E-state index in [0.29, 0.717) is 17.2 Å². The quantitative estimate of drug-likeness (QED) is 0.720. The summed E-state index contributed by atoms with van der Waals surface area (Å²) in [5.41, 5.74) is 1.43. The van der Waals surface area contributed by atoms with E-state index < -0.39 is 41.4 Å². The van der Waals surface area contributed by atoms with Gasteiger partial charge in [0.05, 0.1) is 18.7 Å². The maximum Gasteiger partial charge on any atom is 0.270 e. The Morgan fingerprint density at radius 2 is 1.75 bits per heavy atom. The van der Waals surface area contributed by atoms with Crippen LogP contribution in [0.3, 0.4) is 0 Å². The zero-order valence-corrected chi connectivity index (χ0v) is 17.9. The topological polar surface area (TPSA) is 90.9 Å². The van der Waals surface area contributed by atoms with Crippen molar-refractivity contribution in [1.29, 1.82) is 0 Å². The molecule has 0 fully saturated rings. The zero-order valence-electron chi connectivity index (χ0n) is 17.9. The summed E-state index contributed by atoms with van der Waals surface area (Å²) in [4.78, 5) is 38.1. The molecule has 168 valence electrons. The summed E-state index contributed by atoms with van der Waals surface area (Å²) in [7, 11) is 0. The van der Waals surface area contributed by atoms with Gasteiger partial charge in [0.15, 0.2) is 0 Å². The molecule has 32 heavy (non-hydrogen) atoms. The summed E-state index contributed by atoms with van der Waals surface area (Å²) < 4.78 is 26.7. The van der Waals surface area contributed by atoms with E-state index in [4.69, 9.17) is 0 Å². The fraction of sp³-hybridized carbons (Fsp3) is 0.304. The van der Waals surface area contributed by atoms with Gasteiger partial charge < -0.3 is 10.6 Å². The van der Waals surface area contributed by atoms with Crippen molar-refractivity contribution >= 4 is 23.9 Å². The van der Waals surface area contributed by atoms with Crippen LogP contribution in [0.4, 0.5) is 8.78 Å². The zero-order chi connectivity index (χ0) is 23.4. The third kappa shape index (κ3) is 5.35. The highest BCUT2D eigenvalue weighted by molar-refractivity contribution is 5.96. The van der Waals surface area contributed by atoms with Crippen molar-refractivity contribution in [1.82, 2.24) is 15.6 Å². The van der Waals surface area contributed by atoms with Crippen LogP contribution in [0.25, 0.3) is 0 Å². The molecule has 1 aliphatic heterocycles. The number of hydrogen-bond acceptors (Lipinski definition) is 4. The third-order valence-corrected chi connectivity index (χ3v) is 4.93. The predicted molar refractivity (Wildman–Crippen MR) is 115 cm³/mol. The minimum atomic E-state index is -0.988. The molecule has 0 saturated carbocycles. The number of carbonyl (C=O) groups excluding carboxylic acids is 3. The Labute approximate surface area is 184 Å². The molecule has 0 radical (unpaired) electrons. The second kappa shape index (κ2) is 9.67. The SMILES string of the molecule is CC(C)N1N=Cc2ccccc2C(NC(=O)[C@H](C)NC(=O)Cc2cc(F)cc(F)c2)C1=O. The van der Waals surface area contributed by atoms with Crippen LogP contribution in [0.5, 0.6) is 0 Å². The van der Waals surface area contributed by atoms with Crippen LogP contribution in [-0.2, 0) is 20.8 Å². The average Bonchev–Trinajstić information content (AvgIpc) is 2.84. The van der Waals surface area contributed by atoms with Gasteiger partial charge in [-0.05, 0) is 44.0 Å². The van der Waals surface area contributed by atoms with E-state index in [9.17, 15) is 23.2 Å². The summed E-state index contributed by atoms with van der Waals surface area (Å²) in [5, 5.41) is 10.7. The van der Waals surface area contributed by atoms with E-state index >= 15 is 0 Å². The van der Waals surface area contributed by atoms with Gasteiger partial charge >= 0.3 is 0 Å². The highest BCUT2D eigenvalue weighted by Crippen LogP contribution is 2.24. The number of carbonyl (C=O) groups is 3. The minimum Gasteiger partial charge on any atom is -0.344 e. The second-order valence-electron chi connectivity index (χ2n) is 7.84. The Bertz CT molecular complexity index is 1050. The fourth-order valence-electron chi connectivity index (χ4n) is 3.39. The Kier molecular flexibility index (Phi) is 6.97. The molecule has 0 bridgehead atoms. The largest absolute Gasteiger partial charge is 0.344 e. The Morgan fingerprint density at radius 3 is 2.41 bits per heavy atom. The minimum absolute atomic E-state index is 0.144. The van der Waals surface area contributed by atoms with Crippen LogP contribution in [0.1, 0.15) is 43.5 Å². The predicted octanol–water partition coefficient (Wildman–Crippen LogP) is 2.45. The lowest BCUT2D eigenvalue weighted by Gasteiger charge is -2.26. The highest BCUT2D eigenvalue weighted by atomic mass is 19.1. The molecule has 1 aliphatic rings. The van der Waals surface area contributed by atoms with Crippen LogP contribution in [0.15, 0.2) is 47.6 Å². The van der Waals surface area contributed by atoms with E-state index in [-0.39, 0.29) is 18.0 Å². The summed E-state index contributed by atoms with van der Waals surface area (Å²) in [6.45, 7) is 5.08. The van der Waals surface area contributed by atoms with Crippen LogP contribution < -0.4 is 10.6 Å². The molecule has 9 heteroatoms. The van der Waals surface area contributed by atoms with Crippen molar-refractivity contribution in [3.63, 3.8) is 0 Å². The number of hydrogen-bond donors (Lipinski definition) is 2. The molecule has 1 unspecified atom stereocenters. The first-order chi connectivity index (χ1) is 15.2. The highest BCUT2D eigenvalue weighted by Gasteiger charge is 2.33. The molecule has 3 rings (SSSR count). The van der Waals surface area contributed by atoms with Gasteiger partial charge in [-0.25, -0.2) is 13.8 Å². The van der Waals surface area contributed by atoms with Gasteiger partial charge in [-0.3, -0.25) is 14.4 Å². The smallest absolute Gasteiger partial charge is 0.270 e. The molecule has 0 aromatic heterocycles. The van der Waals surface area contributed by atoms with E-state index in [0.717, 1.165) is 12.1 Å². The Morgan fingerprint density at radius 1 is 1.09 bits per heavy atom. The Hall–Kier alpha value is -3.62. The first kappa shape index (κ1) is 23.1. The van der Waals surface area contributed by atoms with Crippen molar-refractivity contribution in [3.05, 3.63) is 70.8 Å². The van der Waals surface area contributed by atoms with Crippen molar-refractivity contribution in [3.8, 4) is 0 Å². The van der Waals surface area contributed by atoms with Crippen molar-refractivity contribution in [2.24, 2.45) is 5.10 Å². The standard InChI is InChI=1S/C23H24F2N4O3/c1-13(2)29-23(32)21(19-7-5-4-6-16(19)12-26-29)28-22(31)14(3)27-20(30)10-15-8-17(24)11-18(25)9-15/h4-9,11-14,21H,10H2,1-3H3,(H,27,30)(H,28,31)/t14-,21?/m0/s1. The van der Waals surface area contributed by atoms with Gasteiger partial charge in [0.25, 0.3) is 5.91 Å². The number of rotatable bonds is 6. The summed E-state index contributed by atoms with van der Waals surface area (Å²) in [6, 6.07) is 7.70. The van der Waals surface area contributed by atoms with Gasteiger partial charge in [0.2, 0.25) is 11.8 Å². The lowest BCUT2D eigenvalue weighted by Crippen LogP contribution is -2.49.